The molecule has 2 heterocycles. The van der Waals surface area contributed by atoms with Crippen LogP contribution in [0.25, 0.3) is 0 Å². The van der Waals surface area contributed by atoms with Gasteiger partial charge in [-0.3, -0.25) is 0 Å². The normalized spacial score (nSPS) is 23.6. The molecule has 0 amide bonds. The number of ether oxygens (including phenoxy) is 1. The zero-order valence-electron chi connectivity index (χ0n) is 10.2. The molecular weight excluding hydrogens is 234 g/mol. The molecule has 0 saturated carbocycles. The molecule has 6 nitrogen and oxygen atoms in total. The topological polar surface area (TPSA) is 97.5 Å². The number of carbonyl (C=O) groups is 1. The van der Waals surface area contributed by atoms with Gasteiger partial charge in [0.1, 0.15) is 5.82 Å². The quantitative estimate of drug-likeness (QED) is 0.750. The average Bonchev–Trinajstić information content (AvgIpc) is 2.31. The van der Waals surface area contributed by atoms with E-state index in [9.17, 15) is 4.79 Å². The molecule has 18 heavy (non-hydrogen) atoms. The molecule has 2 rings (SSSR count). The van der Waals surface area contributed by atoms with Crippen LogP contribution in [0.15, 0.2) is 12.3 Å². The average molecular weight is 251 g/mol. The predicted octanol–water partition coefficient (Wildman–Crippen LogP) is 1.34. The highest BCUT2D eigenvalue weighted by atomic mass is 16.5. The van der Waals surface area contributed by atoms with Crippen LogP contribution in [0.2, 0.25) is 0 Å². The SMILES string of the molecule is CC1CC(Nc2cc(C(=O)O)c(N)cn2)CCO1. The fraction of sp³-hybridized carbons (Fsp3) is 0.500. The molecule has 4 N–H and O–H groups in total. The minimum absolute atomic E-state index is 0.0765. The highest BCUT2D eigenvalue weighted by molar-refractivity contribution is 5.94. The summed E-state index contributed by atoms with van der Waals surface area (Å²) in [5.41, 5.74) is 5.81. The van der Waals surface area contributed by atoms with Gasteiger partial charge in [-0.1, -0.05) is 0 Å². The van der Waals surface area contributed by atoms with Gasteiger partial charge in [-0.2, -0.15) is 0 Å². The van der Waals surface area contributed by atoms with Gasteiger partial charge in [0.2, 0.25) is 0 Å². The molecule has 0 bridgehead atoms. The number of nitrogen functional groups attached to an aromatic ring is 1. The molecule has 0 spiro atoms. The molecule has 0 aliphatic carbocycles. The Morgan fingerprint density at radius 3 is 3.11 bits per heavy atom. The second-order valence-electron chi connectivity index (χ2n) is 4.51. The number of nitrogens with one attached hydrogen (secondary N) is 1. The molecule has 1 aromatic rings. The second kappa shape index (κ2) is 5.22. The number of rotatable bonds is 3. The number of hydrogen-bond donors (Lipinski definition) is 3. The van der Waals surface area contributed by atoms with Crippen LogP contribution in [0.5, 0.6) is 0 Å². The molecule has 1 aliphatic heterocycles. The lowest BCUT2D eigenvalue weighted by Gasteiger charge is -2.28. The van der Waals surface area contributed by atoms with Gasteiger partial charge in [0.05, 0.1) is 23.6 Å². The summed E-state index contributed by atoms with van der Waals surface area (Å²) in [7, 11) is 0. The summed E-state index contributed by atoms with van der Waals surface area (Å²) in [4.78, 5) is 15.1. The first-order valence-electron chi connectivity index (χ1n) is 5.93. The zero-order valence-corrected chi connectivity index (χ0v) is 10.2. The van der Waals surface area contributed by atoms with Gasteiger partial charge in [-0.25, -0.2) is 9.78 Å². The minimum atomic E-state index is -1.04. The van der Waals surface area contributed by atoms with Gasteiger partial charge in [-0.15, -0.1) is 0 Å². The van der Waals surface area contributed by atoms with Crippen molar-refractivity contribution < 1.29 is 14.6 Å². The van der Waals surface area contributed by atoms with Crippen LogP contribution in [0.3, 0.4) is 0 Å². The molecule has 0 radical (unpaired) electrons. The van der Waals surface area contributed by atoms with Gasteiger partial charge in [0, 0.05) is 12.6 Å². The molecule has 1 fully saturated rings. The van der Waals surface area contributed by atoms with E-state index in [4.69, 9.17) is 15.6 Å². The summed E-state index contributed by atoms with van der Waals surface area (Å²) in [5, 5.41) is 12.2. The van der Waals surface area contributed by atoms with Crippen molar-refractivity contribution in [2.75, 3.05) is 17.7 Å². The molecule has 98 valence electrons. The fourth-order valence-electron chi connectivity index (χ4n) is 2.07. The van der Waals surface area contributed by atoms with Crippen LogP contribution < -0.4 is 11.1 Å². The maximum Gasteiger partial charge on any atom is 0.337 e. The number of aromatic nitrogens is 1. The fourth-order valence-corrected chi connectivity index (χ4v) is 2.07. The first-order valence-corrected chi connectivity index (χ1v) is 5.93. The van der Waals surface area contributed by atoms with Crippen molar-refractivity contribution in [3.63, 3.8) is 0 Å². The molecule has 1 aliphatic rings. The molecule has 1 saturated heterocycles. The first kappa shape index (κ1) is 12.6. The van der Waals surface area contributed by atoms with Gasteiger partial charge in [0.15, 0.2) is 0 Å². The third-order valence-corrected chi connectivity index (χ3v) is 3.00. The largest absolute Gasteiger partial charge is 0.478 e. The van der Waals surface area contributed by atoms with Gasteiger partial charge < -0.3 is 20.9 Å². The Kier molecular flexibility index (Phi) is 3.66. The number of carboxylic acid groups (broad SMARTS) is 1. The maximum absolute atomic E-state index is 11.0. The summed E-state index contributed by atoms with van der Waals surface area (Å²) in [6.45, 7) is 2.73. The smallest absolute Gasteiger partial charge is 0.337 e. The van der Waals surface area contributed by atoms with E-state index in [-0.39, 0.29) is 23.4 Å². The van der Waals surface area contributed by atoms with Crippen molar-refractivity contribution >= 4 is 17.5 Å². The number of pyridine rings is 1. The number of carboxylic acids is 1. The summed E-state index contributed by atoms with van der Waals surface area (Å²) >= 11 is 0. The molecule has 6 heteroatoms. The van der Waals surface area contributed by atoms with Crippen molar-refractivity contribution in [2.45, 2.75) is 31.9 Å². The highest BCUT2D eigenvalue weighted by Crippen LogP contribution is 2.20. The third-order valence-electron chi connectivity index (χ3n) is 3.00. The van der Waals surface area contributed by atoms with Crippen LogP contribution >= 0.6 is 0 Å². The Balaban J connectivity index is 2.09. The van der Waals surface area contributed by atoms with Crippen molar-refractivity contribution in [3.8, 4) is 0 Å². The minimum Gasteiger partial charge on any atom is -0.478 e. The van der Waals surface area contributed by atoms with E-state index in [1.165, 1.54) is 12.3 Å². The van der Waals surface area contributed by atoms with Gasteiger partial charge in [0.25, 0.3) is 0 Å². The molecular formula is C12H17N3O3. The van der Waals surface area contributed by atoms with Gasteiger partial charge in [-0.05, 0) is 25.8 Å². The van der Waals surface area contributed by atoms with E-state index in [1.54, 1.807) is 0 Å². The van der Waals surface area contributed by atoms with Crippen LogP contribution in [-0.2, 0) is 4.74 Å². The summed E-state index contributed by atoms with van der Waals surface area (Å²) in [6, 6.07) is 1.73. The monoisotopic (exact) mass is 251 g/mol. The first-order chi connectivity index (χ1) is 8.56. The Bertz CT molecular complexity index is 450. The van der Waals surface area contributed by atoms with Crippen molar-refractivity contribution in [2.24, 2.45) is 0 Å². The van der Waals surface area contributed by atoms with E-state index in [0.29, 0.717) is 12.4 Å². The van der Waals surface area contributed by atoms with Crippen molar-refractivity contribution in [1.29, 1.82) is 0 Å². The lowest BCUT2D eigenvalue weighted by atomic mass is 10.0. The van der Waals surface area contributed by atoms with Crippen LogP contribution in [0.1, 0.15) is 30.1 Å². The second-order valence-corrected chi connectivity index (χ2v) is 4.51. The number of nitrogens with two attached hydrogens (primary N) is 1. The summed E-state index contributed by atoms with van der Waals surface area (Å²) < 4.78 is 5.45. The Hall–Kier alpha value is -1.82. The zero-order chi connectivity index (χ0) is 13.1. The maximum atomic E-state index is 11.0. The van der Waals surface area contributed by atoms with Crippen LogP contribution in [0, 0.1) is 0 Å². The van der Waals surface area contributed by atoms with E-state index in [2.05, 4.69) is 10.3 Å². The molecule has 2 atom stereocenters. The molecule has 2 unspecified atom stereocenters. The number of aromatic carboxylic acids is 1. The van der Waals surface area contributed by atoms with Crippen LogP contribution in [0.4, 0.5) is 11.5 Å². The van der Waals surface area contributed by atoms with Crippen molar-refractivity contribution in [1.82, 2.24) is 4.98 Å². The number of anilines is 2. The lowest BCUT2D eigenvalue weighted by Crippen LogP contribution is -2.32. The van der Waals surface area contributed by atoms with E-state index in [1.807, 2.05) is 6.92 Å². The summed E-state index contributed by atoms with van der Waals surface area (Å²) in [5.74, 6) is -0.501. The molecule has 0 aromatic carbocycles. The summed E-state index contributed by atoms with van der Waals surface area (Å²) in [6.07, 6.45) is 3.35. The highest BCUT2D eigenvalue weighted by Gasteiger charge is 2.20. The van der Waals surface area contributed by atoms with Gasteiger partial charge >= 0.3 is 5.97 Å². The van der Waals surface area contributed by atoms with E-state index in [0.717, 1.165) is 12.8 Å². The lowest BCUT2D eigenvalue weighted by molar-refractivity contribution is 0.0231. The van der Waals surface area contributed by atoms with E-state index < -0.39 is 5.97 Å². The Labute approximate surface area is 105 Å². The number of nitrogens with zero attached hydrogens (tertiary/aromatic N) is 1. The van der Waals surface area contributed by atoms with Crippen molar-refractivity contribution in [3.05, 3.63) is 17.8 Å². The Morgan fingerprint density at radius 2 is 2.44 bits per heavy atom. The van der Waals surface area contributed by atoms with Crippen LogP contribution in [-0.4, -0.2) is 34.8 Å². The third kappa shape index (κ3) is 2.89. The predicted molar refractivity (Wildman–Crippen MR) is 67.7 cm³/mol. The Morgan fingerprint density at radius 1 is 1.67 bits per heavy atom. The molecule has 1 aromatic heterocycles. The standard InChI is InChI=1S/C12H17N3O3/c1-7-4-8(2-3-18-7)15-11-5-9(12(16)17)10(13)6-14-11/h5-8H,2-4,13H2,1H3,(H,14,15)(H,16,17). The number of hydrogen-bond acceptors (Lipinski definition) is 5. The van der Waals surface area contributed by atoms with E-state index >= 15 is 0 Å².